The SMILES string of the molecule is Cc1nc(N[C@H](C)c2cc(N)cc(C(F)(F)F)c2)c2cc(Br)c(Cl)nc2n1. The fourth-order valence-corrected chi connectivity index (χ4v) is 3.06. The summed E-state index contributed by atoms with van der Waals surface area (Å²) >= 11 is 9.31. The van der Waals surface area contributed by atoms with E-state index >= 15 is 0 Å². The zero-order valence-corrected chi connectivity index (χ0v) is 16.5. The predicted octanol–water partition coefficient (Wildman–Crippen LogP) is 5.52. The Morgan fingerprint density at radius 2 is 1.85 bits per heavy atom. The van der Waals surface area contributed by atoms with Gasteiger partial charge in [0.15, 0.2) is 5.65 Å². The van der Waals surface area contributed by atoms with Crippen molar-refractivity contribution in [2.45, 2.75) is 26.1 Å². The fraction of sp³-hybridized carbons (Fsp3) is 0.235. The molecule has 0 bridgehead atoms. The van der Waals surface area contributed by atoms with Crippen LogP contribution >= 0.6 is 27.5 Å². The Hall–Kier alpha value is -2.13. The molecule has 0 unspecified atom stereocenters. The zero-order chi connectivity index (χ0) is 19.9. The zero-order valence-electron chi connectivity index (χ0n) is 14.2. The lowest BCUT2D eigenvalue weighted by Crippen LogP contribution is -2.13. The lowest BCUT2D eigenvalue weighted by Gasteiger charge is -2.19. The van der Waals surface area contributed by atoms with Gasteiger partial charge in [-0.2, -0.15) is 13.2 Å². The minimum atomic E-state index is -4.48. The molecule has 1 atom stereocenters. The van der Waals surface area contributed by atoms with Crippen molar-refractivity contribution >= 4 is 50.1 Å². The van der Waals surface area contributed by atoms with E-state index in [1.54, 1.807) is 19.9 Å². The van der Waals surface area contributed by atoms with Crippen LogP contribution in [0.2, 0.25) is 5.15 Å². The van der Waals surface area contributed by atoms with E-state index in [1.807, 2.05) is 0 Å². The van der Waals surface area contributed by atoms with Crippen LogP contribution in [-0.4, -0.2) is 15.0 Å². The summed E-state index contributed by atoms with van der Waals surface area (Å²) in [7, 11) is 0. The van der Waals surface area contributed by atoms with E-state index in [0.29, 0.717) is 32.7 Å². The second-order valence-electron chi connectivity index (χ2n) is 6.00. The number of alkyl halides is 3. The molecule has 10 heteroatoms. The van der Waals surface area contributed by atoms with Crippen molar-refractivity contribution in [3.05, 3.63) is 50.8 Å². The molecule has 27 heavy (non-hydrogen) atoms. The third-order valence-corrected chi connectivity index (χ3v) is 4.99. The first-order valence-corrected chi connectivity index (χ1v) is 8.96. The third kappa shape index (κ3) is 4.24. The summed E-state index contributed by atoms with van der Waals surface area (Å²) in [5.74, 6) is 0.887. The van der Waals surface area contributed by atoms with Gasteiger partial charge in [-0.25, -0.2) is 15.0 Å². The minimum absolute atomic E-state index is 0.0356. The standard InChI is InChI=1S/C17H14BrClF3N5/c1-7(9-3-10(17(20,21)22)5-11(23)4-9)24-15-12-6-13(18)14(19)27-16(12)26-8(2)25-15/h3-7H,23H2,1-2H3,(H,24,25,26,27)/t7-/m1/s1. The molecule has 0 saturated heterocycles. The smallest absolute Gasteiger partial charge is 0.399 e. The van der Waals surface area contributed by atoms with E-state index in [4.69, 9.17) is 17.3 Å². The molecule has 0 aliphatic carbocycles. The number of nitrogen functional groups attached to an aromatic ring is 1. The molecule has 1 aromatic carbocycles. The fourth-order valence-electron chi connectivity index (χ4n) is 2.61. The topological polar surface area (TPSA) is 76.7 Å². The van der Waals surface area contributed by atoms with Crippen molar-refractivity contribution in [1.82, 2.24) is 15.0 Å². The Kier molecular flexibility index (Phi) is 5.18. The number of fused-ring (bicyclic) bond motifs is 1. The highest BCUT2D eigenvalue weighted by Gasteiger charge is 2.31. The van der Waals surface area contributed by atoms with Crippen LogP contribution in [0.3, 0.4) is 0 Å². The van der Waals surface area contributed by atoms with E-state index in [2.05, 4.69) is 36.2 Å². The number of benzene rings is 1. The monoisotopic (exact) mass is 459 g/mol. The van der Waals surface area contributed by atoms with Gasteiger partial charge in [-0.05, 0) is 59.6 Å². The number of hydrogen-bond donors (Lipinski definition) is 2. The van der Waals surface area contributed by atoms with Crippen molar-refractivity contribution in [3.8, 4) is 0 Å². The summed E-state index contributed by atoms with van der Waals surface area (Å²) < 4.78 is 39.7. The highest BCUT2D eigenvalue weighted by molar-refractivity contribution is 9.10. The largest absolute Gasteiger partial charge is 0.416 e. The number of nitrogens with zero attached hydrogens (tertiary/aromatic N) is 3. The van der Waals surface area contributed by atoms with Crippen LogP contribution in [0.1, 0.15) is 29.9 Å². The second-order valence-corrected chi connectivity index (χ2v) is 7.22. The van der Waals surface area contributed by atoms with E-state index in [0.717, 1.165) is 12.1 Å². The highest BCUT2D eigenvalue weighted by atomic mass is 79.9. The molecule has 0 amide bonds. The predicted molar refractivity (Wildman–Crippen MR) is 103 cm³/mol. The summed E-state index contributed by atoms with van der Waals surface area (Å²) in [4.78, 5) is 12.8. The van der Waals surface area contributed by atoms with Gasteiger partial charge in [0.05, 0.1) is 21.5 Å². The molecule has 0 radical (unpaired) electrons. The first-order chi connectivity index (χ1) is 12.5. The Morgan fingerprint density at radius 3 is 2.52 bits per heavy atom. The summed E-state index contributed by atoms with van der Waals surface area (Å²) in [5.41, 5.74) is 5.66. The number of nitrogens with one attached hydrogen (secondary N) is 1. The number of rotatable bonds is 3. The molecular formula is C17H14BrClF3N5. The Morgan fingerprint density at radius 1 is 1.15 bits per heavy atom. The quantitative estimate of drug-likeness (QED) is 0.397. The molecule has 0 fully saturated rings. The van der Waals surface area contributed by atoms with Crippen LogP contribution in [0.15, 0.2) is 28.7 Å². The first kappa shape index (κ1) is 19.6. The molecule has 0 saturated carbocycles. The maximum atomic E-state index is 13.1. The van der Waals surface area contributed by atoms with Gasteiger partial charge < -0.3 is 11.1 Å². The second kappa shape index (κ2) is 7.12. The average molecular weight is 461 g/mol. The molecular weight excluding hydrogens is 447 g/mol. The lowest BCUT2D eigenvalue weighted by atomic mass is 10.0. The maximum Gasteiger partial charge on any atom is 0.416 e. The number of anilines is 2. The number of nitrogens with two attached hydrogens (primary N) is 1. The van der Waals surface area contributed by atoms with Crippen LogP contribution in [0.4, 0.5) is 24.7 Å². The molecule has 2 heterocycles. The summed E-state index contributed by atoms with van der Waals surface area (Å²) in [6, 6.07) is 4.67. The van der Waals surface area contributed by atoms with Gasteiger partial charge in [0, 0.05) is 5.69 Å². The van der Waals surface area contributed by atoms with Crippen molar-refractivity contribution in [2.24, 2.45) is 0 Å². The average Bonchev–Trinajstić information content (AvgIpc) is 2.55. The van der Waals surface area contributed by atoms with Gasteiger partial charge in [-0.15, -0.1) is 0 Å². The van der Waals surface area contributed by atoms with Gasteiger partial charge in [0.2, 0.25) is 0 Å². The van der Waals surface area contributed by atoms with Gasteiger partial charge in [-0.3, -0.25) is 0 Å². The molecule has 0 aliphatic heterocycles. The van der Waals surface area contributed by atoms with Crippen LogP contribution in [-0.2, 0) is 6.18 Å². The van der Waals surface area contributed by atoms with Crippen molar-refractivity contribution in [3.63, 3.8) is 0 Å². The normalized spacial score (nSPS) is 13.0. The molecule has 0 spiro atoms. The molecule has 142 valence electrons. The number of aryl methyl sites for hydroxylation is 1. The van der Waals surface area contributed by atoms with Gasteiger partial charge >= 0.3 is 6.18 Å². The van der Waals surface area contributed by atoms with E-state index in [-0.39, 0.29) is 10.8 Å². The summed E-state index contributed by atoms with van der Waals surface area (Å²) in [6.07, 6.45) is -4.48. The third-order valence-electron chi connectivity index (χ3n) is 3.87. The van der Waals surface area contributed by atoms with Gasteiger partial charge in [-0.1, -0.05) is 11.6 Å². The first-order valence-electron chi connectivity index (χ1n) is 7.79. The number of pyridine rings is 1. The highest BCUT2D eigenvalue weighted by Crippen LogP contribution is 2.34. The molecule has 3 aromatic rings. The number of aromatic nitrogens is 3. The van der Waals surface area contributed by atoms with Gasteiger partial charge in [0.25, 0.3) is 0 Å². The Bertz CT molecular complexity index is 1030. The Balaban J connectivity index is 2.03. The molecule has 3 rings (SSSR count). The van der Waals surface area contributed by atoms with Gasteiger partial charge in [0.1, 0.15) is 16.8 Å². The van der Waals surface area contributed by atoms with Crippen molar-refractivity contribution in [1.29, 1.82) is 0 Å². The summed E-state index contributed by atoms with van der Waals surface area (Å²) in [6.45, 7) is 3.41. The van der Waals surface area contributed by atoms with Crippen molar-refractivity contribution < 1.29 is 13.2 Å². The van der Waals surface area contributed by atoms with E-state index in [9.17, 15) is 13.2 Å². The van der Waals surface area contributed by atoms with Crippen LogP contribution in [0.25, 0.3) is 11.0 Å². The minimum Gasteiger partial charge on any atom is -0.399 e. The van der Waals surface area contributed by atoms with Crippen LogP contribution in [0.5, 0.6) is 0 Å². The van der Waals surface area contributed by atoms with E-state index in [1.165, 1.54) is 6.07 Å². The lowest BCUT2D eigenvalue weighted by molar-refractivity contribution is -0.137. The summed E-state index contributed by atoms with van der Waals surface area (Å²) in [5, 5.41) is 3.96. The van der Waals surface area contributed by atoms with Crippen LogP contribution < -0.4 is 11.1 Å². The number of hydrogen-bond acceptors (Lipinski definition) is 5. The van der Waals surface area contributed by atoms with Crippen LogP contribution in [0, 0.1) is 6.92 Å². The number of halogens is 5. The Labute approximate surface area is 166 Å². The molecule has 3 N–H and O–H groups in total. The van der Waals surface area contributed by atoms with Crippen molar-refractivity contribution in [2.75, 3.05) is 11.1 Å². The molecule has 5 nitrogen and oxygen atoms in total. The molecule has 2 aromatic heterocycles. The maximum absolute atomic E-state index is 13.1. The molecule has 0 aliphatic rings. The van der Waals surface area contributed by atoms with E-state index < -0.39 is 17.8 Å².